The van der Waals surface area contributed by atoms with Gasteiger partial charge in [-0.05, 0) is 87.0 Å². The summed E-state index contributed by atoms with van der Waals surface area (Å²) in [6.07, 6.45) is 6.56. The summed E-state index contributed by atoms with van der Waals surface area (Å²) in [5, 5.41) is 10.9. The Morgan fingerprint density at radius 3 is 2.46 bits per heavy atom. The van der Waals surface area contributed by atoms with Crippen LogP contribution in [0, 0.1) is 0 Å². The normalized spacial score (nSPS) is 21.0. The van der Waals surface area contributed by atoms with Crippen molar-refractivity contribution in [1.82, 2.24) is 25.8 Å². The Morgan fingerprint density at radius 2 is 1.71 bits per heavy atom. The summed E-state index contributed by atoms with van der Waals surface area (Å²) in [7, 11) is 3.18. The van der Waals surface area contributed by atoms with E-state index in [0.717, 1.165) is 26.9 Å². The van der Waals surface area contributed by atoms with Gasteiger partial charge in [0.15, 0.2) is 0 Å². The van der Waals surface area contributed by atoms with Gasteiger partial charge in [0.1, 0.15) is 12.1 Å². The number of aromatic amines is 1. The van der Waals surface area contributed by atoms with Crippen LogP contribution >= 0.6 is 23.4 Å². The second kappa shape index (κ2) is 20.2. The van der Waals surface area contributed by atoms with Gasteiger partial charge in [0.2, 0.25) is 17.7 Å². The van der Waals surface area contributed by atoms with Gasteiger partial charge < -0.3 is 42.0 Å². The lowest BCUT2D eigenvalue weighted by atomic mass is 10.0. The van der Waals surface area contributed by atoms with Crippen LogP contribution in [0.1, 0.15) is 50.2 Å². The lowest BCUT2D eigenvalue weighted by molar-refractivity contribution is -0.142. The van der Waals surface area contributed by atoms with Crippen LogP contribution in [0.5, 0.6) is 0 Å². The molecule has 0 unspecified atom stereocenters. The van der Waals surface area contributed by atoms with Crippen molar-refractivity contribution < 1.29 is 19.1 Å². The summed E-state index contributed by atoms with van der Waals surface area (Å²) in [4.78, 5) is 48.9. The molecule has 0 fully saturated rings. The Balaban J connectivity index is 1.80. The maximum Gasteiger partial charge on any atom is 0.245 e. The molecule has 0 radical (unpaired) electrons. The smallest absolute Gasteiger partial charge is 0.245 e. The number of nitrogens with zero attached hydrogens (tertiary/aromatic N) is 1. The van der Waals surface area contributed by atoms with Gasteiger partial charge in [-0.15, -0.1) is 0 Å². The highest BCUT2D eigenvalue weighted by Crippen LogP contribution is 2.37. The van der Waals surface area contributed by atoms with Gasteiger partial charge in [0, 0.05) is 53.5 Å². The molecule has 11 nitrogen and oxygen atoms in total. The molecule has 2 aromatic carbocycles. The summed E-state index contributed by atoms with van der Waals surface area (Å²) in [6, 6.07) is 13.2. The van der Waals surface area contributed by atoms with Crippen LogP contribution in [-0.4, -0.2) is 79.5 Å². The highest BCUT2D eigenvalue weighted by molar-refractivity contribution is 8.03. The van der Waals surface area contributed by atoms with Crippen molar-refractivity contribution >= 4 is 52.0 Å². The molecule has 3 aromatic rings. The number of halogens is 1. The number of likely N-dealkylation sites (N-methyl/N-ethyl adjacent to an activating group) is 1. The molecule has 280 valence electrons. The second-order valence-corrected chi connectivity index (χ2v) is 14.4. The van der Waals surface area contributed by atoms with E-state index in [1.165, 1.54) is 16.7 Å². The summed E-state index contributed by atoms with van der Waals surface area (Å²) >= 11 is 8.35. The molecule has 4 rings (SSSR count). The molecule has 0 spiro atoms. The number of fused-ring (bicyclic) bond motifs is 2. The third-order valence-corrected chi connectivity index (χ3v) is 10.9. The molecule has 8 N–H and O–H groups in total. The first-order chi connectivity index (χ1) is 25.1. The third kappa shape index (κ3) is 11.0. The molecule has 0 saturated carbocycles. The maximum atomic E-state index is 14.4. The van der Waals surface area contributed by atoms with E-state index in [4.69, 9.17) is 27.8 Å². The fourth-order valence-corrected chi connectivity index (χ4v) is 7.47. The number of nitrogens with one attached hydrogen (secondary N) is 4. The van der Waals surface area contributed by atoms with Crippen molar-refractivity contribution in [2.45, 2.75) is 75.0 Å². The Kier molecular flexibility index (Phi) is 15.8. The van der Waals surface area contributed by atoms with Crippen LogP contribution in [0.3, 0.4) is 0 Å². The van der Waals surface area contributed by atoms with E-state index in [2.05, 4.69) is 27.5 Å². The highest BCUT2D eigenvalue weighted by atomic mass is 35.5. The number of hydrogen-bond acceptors (Lipinski definition) is 8. The SMILES string of the molecule is C=C1CNC(=O)[C@H](Cc2c[nH]c3ccccc23)N(C)C(=O)[C@H](CCCCN)NC(=O)[C@H](CCCN)NCc2ccccc2S/C1=C(Cl)/C=C(\C)OC. The Morgan fingerprint density at radius 1 is 1.00 bits per heavy atom. The van der Waals surface area contributed by atoms with Crippen molar-refractivity contribution in [2.24, 2.45) is 11.5 Å². The molecule has 13 heteroatoms. The van der Waals surface area contributed by atoms with Crippen LogP contribution in [0.2, 0.25) is 0 Å². The van der Waals surface area contributed by atoms with Gasteiger partial charge in [0.05, 0.1) is 23.9 Å². The zero-order valence-corrected chi connectivity index (χ0v) is 31.9. The number of para-hydroxylation sites is 1. The number of unbranched alkanes of at least 4 members (excludes halogenated alkanes) is 1. The van der Waals surface area contributed by atoms with Crippen LogP contribution in [-0.2, 0) is 32.1 Å². The van der Waals surface area contributed by atoms with Crippen LogP contribution < -0.4 is 27.4 Å². The molecule has 3 amide bonds. The average molecular weight is 750 g/mol. The summed E-state index contributed by atoms with van der Waals surface area (Å²) in [5.41, 5.74) is 15.0. The molecule has 1 aromatic heterocycles. The minimum atomic E-state index is -0.915. The number of thioether (sulfide) groups is 1. The Labute approximate surface area is 316 Å². The molecule has 3 atom stereocenters. The van der Waals surface area contributed by atoms with Crippen LogP contribution in [0.4, 0.5) is 0 Å². The first kappa shape index (κ1) is 40.7. The Hall–Kier alpha value is -4.07. The molecular formula is C39H52ClN7O4S. The molecule has 52 heavy (non-hydrogen) atoms. The van der Waals surface area contributed by atoms with Gasteiger partial charge in [-0.1, -0.05) is 66.3 Å². The number of methoxy groups -OCH3 is 1. The number of amides is 3. The van der Waals surface area contributed by atoms with Gasteiger partial charge in [0.25, 0.3) is 0 Å². The van der Waals surface area contributed by atoms with E-state index in [1.807, 2.05) is 54.7 Å². The number of H-pyrrole nitrogens is 1. The van der Waals surface area contributed by atoms with Crippen molar-refractivity contribution in [3.8, 4) is 0 Å². The minimum Gasteiger partial charge on any atom is -0.501 e. The molecule has 0 aliphatic carbocycles. The zero-order valence-electron chi connectivity index (χ0n) is 30.3. The van der Waals surface area contributed by atoms with Crippen molar-refractivity contribution in [3.05, 3.63) is 99.8 Å². The fourth-order valence-electron chi connectivity index (χ4n) is 6.06. The van der Waals surface area contributed by atoms with Gasteiger partial charge in [-0.2, -0.15) is 0 Å². The number of hydrogen-bond donors (Lipinski definition) is 6. The molecule has 2 heterocycles. The van der Waals surface area contributed by atoms with E-state index in [-0.39, 0.29) is 30.7 Å². The first-order valence-corrected chi connectivity index (χ1v) is 18.9. The third-order valence-electron chi connectivity index (χ3n) is 9.17. The van der Waals surface area contributed by atoms with Gasteiger partial charge in [-0.3, -0.25) is 14.4 Å². The molecule has 0 bridgehead atoms. The average Bonchev–Trinajstić information content (AvgIpc) is 3.56. The monoisotopic (exact) mass is 749 g/mol. The van der Waals surface area contributed by atoms with Gasteiger partial charge >= 0.3 is 0 Å². The van der Waals surface area contributed by atoms with Crippen molar-refractivity contribution in [3.63, 3.8) is 0 Å². The quantitative estimate of drug-likeness (QED) is 0.120. The number of allylic oxidation sites excluding steroid dienone is 3. The van der Waals surface area contributed by atoms with E-state index >= 15 is 0 Å². The number of benzene rings is 2. The number of rotatable bonds is 11. The molecule has 1 aliphatic rings. The second-order valence-electron chi connectivity index (χ2n) is 12.9. The number of carbonyl (C=O) groups is 3. The summed E-state index contributed by atoms with van der Waals surface area (Å²) in [5.74, 6) is -0.444. The molecule has 0 saturated heterocycles. The predicted molar refractivity (Wildman–Crippen MR) is 210 cm³/mol. The number of nitrogens with two attached hydrogens (primary N) is 2. The molecular weight excluding hydrogens is 698 g/mol. The van der Waals surface area contributed by atoms with Crippen LogP contribution in [0.25, 0.3) is 10.9 Å². The topological polar surface area (TPSA) is 168 Å². The van der Waals surface area contributed by atoms with Gasteiger partial charge in [-0.25, -0.2) is 0 Å². The first-order valence-electron chi connectivity index (χ1n) is 17.7. The van der Waals surface area contributed by atoms with Crippen molar-refractivity contribution in [1.29, 1.82) is 0 Å². The predicted octanol–water partition coefficient (Wildman–Crippen LogP) is 4.83. The van der Waals surface area contributed by atoms with E-state index in [1.54, 1.807) is 27.2 Å². The van der Waals surface area contributed by atoms with Crippen LogP contribution in [0.15, 0.2) is 93.5 Å². The van der Waals surface area contributed by atoms with Crippen molar-refractivity contribution in [2.75, 3.05) is 33.8 Å². The summed E-state index contributed by atoms with van der Waals surface area (Å²) in [6.45, 7) is 7.44. The fraction of sp³-hybridized carbons (Fsp3) is 0.410. The number of ether oxygens (including phenoxy) is 1. The lowest BCUT2D eigenvalue weighted by Crippen LogP contribution is -2.57. The summed E-state index contributed by atoms with van der Waals surface area (Å²) < 4.78 is 5.38. The zero-order chi connectivity index (χ0) is 37.6. The maximum absolute atomic E-state index is 14.4. The lowest BCUT2D eigenvalue weighted by Gasteiger charge is -2.32. The van der Waals surface area contributed by atoms with E-state index in [9.17, 15) is 14.4 Å². The Bertz CT molecular complexity index is 1770. The highest BCUT2D eigenvalue weighted by Gasteiger charge is 2.34. The minimum absolute atomic E-state index is 0.0713. The largest absolute Gasteiger partial charge is 0.501 e. The standard InChI is InChI=1S/C39H52ClN7O4S/c1-25-22-45-38(49)34(21-28-24-43-31-14-7-6-13-29(28)31)47(3)39(50)33(15-9-10-18-41)46-37(48)32(16-11-19-42)44-23-27-12-5-8-17-35(27)52-36(25)30(40)20-26(2)51-4/h5-8,12-14,17,20,24,32-34,43-44H,1,9-11,15-16,18-19,21-23,41-42H2,2-4H3,(H,45,49)(H,46,48)/b26-20+,36-30-/t32-,33-,34-/m0/s1. The van der Waals surface area contributed by atoms with E-state index in [0.29, 0.717) is 73.0 Å². The number of aromatic nitrogens is 1. The number of carbonyl (C=O) groups excluding carboxylic acids is 3. The molecule has 1 aliphatic heterocycles. The van der Waals surface area contributed by atoms with E-state index < -0.39 is 18.1 Å².